The number of nitrogens with two attached hydrogens (primary N) is 1. The fourth-order valence-electron chi connectivity index (χ4n) is 2.71. The highest BCUT2D eigenvalue weighted by atomic mass is 32.2. The van der Waals surface area contributed by atoms with Crippen molar-refractivity contribution < 1.29 is 8.42 Å². The van der Waals surface area contributed by atoms with Crippen LogP contribution in [0.1, 0.15) is 19.8 Å². The van der Waals surface area contributed by atoms with E-state index in [0.717, 1.165) is 25.9 Å². The Morgan fingerprint density at radius 1 is 1.30 bits per heavy atom. The fraction of sp³-hybridized carbons (Fsp3) is 0.571. The molecule has 0 spiro atoms. The van der Waals surface area contributed by atoms with E-state index in [4.69, 9.17) is 5.73 Å². The molecule has 1 aliphatic heterocycles. The smallest absolute Gasteiger partial charge is 0.245 e. The summed E-state index contributed by atoms with van der Waals surface area (Å²) in [4.78, 5) is 2.42. The van der Waals surface area contributed by atoms with E-state index in [1.807, 2.05) is 14.0 Å². The number of nitrogens with zero attached hydrogens (tertiary/aromatic N) is 2. The lowest BCUT2D eigenvalue weighted by Crippen LogP contribution is -2.43. The van der Waals surface area contributed by atoms with Crippen LogP contribution in [0, 0.1) is 0 Å². The van der Waals surface area contributed by atoms with E-state index in [2.05, 4.69) is 4.90 Å². The zero-order valence-corrected chi connectivity index (χ0v) is 12.9. The molecule has 1 saturated heterocycles. The van der Waals surface area contributed by atoms with Gasteiger partial charge in [-0.15, -0.1) is 0 Å². The van der Waals surface area contributed by atoms with E-state index in [1.54, 1.807) is 28.6 Å². The van der Waals surface area contributed by atoms with Gasteiger partial charge in [0, 0.05) is 19.1 Å². The molecule has 0 aliphatic carbocycles. The van der Waals surface area contributed by atoms with Crippen molar-refractivity contribution in [1.82, 2.24) is 9.21 Å². The Bertz CT molecular complexity index is 559. The molecule has 2 rings (SSSR count). The van der Waals surface area contributed by atoms with Crippen molar-refractivity contribution in [2.75, 3.05) is 32.4 Å². The van der Waals surface area contributed by atoms with Crippen LogP contribution in [0.2, 0.25) is 0 Å². The van der Waals surface area contributed by atoms with Gasteiger partial charge in [0.2, 0.25) is 10.0 Å². The lowest BCUT2D eigenvalue weighted by molar-refractivity contribution is 0.270. The number of anilines is 1. The van der Waals surface area contributed by atoms with Gasteiger partial charge in [0.25, 0.3) is 0 Å². The Labute approximate surface area is 121 Å². The van der Waals surface area contributed by atoms with Crippen LogP contribution in [0.5, 0.6) is 0 Å². The van der Waals surface area contributed by atoms with E-state index in [-0.39, 0.29) is 10.9 Å². The summed E-state index contributed by atoms with van der Waals surface area (Å²) in [5, 5.41) is 0. The van der Waals surface area contributed by atoms with Gasteiger partial charge in [-0.05, 0) is 38.6 Å². The number of nitrogen functional groups attached to an aromatic ring is 1. The number of sulfonamides is 1. The molecule has 6 heteroatoms. The van der Waals surface area contributed by atoms with Crippen molar-refractivity contribution in [1.29, 1.82) is 0 Å². The summed E-state index contributed by atoms with van der Waals surface area (Å²) in [5.74, 6) is 0. The molecule has 1 aromatic rings. The molecular weight excluding hydrogens is 274 g/mol. The first-order chi connectivity index (χ1) is 9.46. The third-order valence-corrected chi connectivity index (χ3v) is 5.85. The highest BCUT2D eigenvalue weighted by molar-refractivity contribution is 7.89. The molecule has 1 fully saturated rings. The van der Waals surface area contributed by atoms with Gasteiger partial charge in [-0.1, -0.05) is 19.1 Å². The molecule has 1 aromatic carbocycles. The molecule has 0 radical (unpaired) electrons. The first-order valence-electron chi connectivity index (χ1n) is 7.01. The molecule has 20 heavy (non-hydrogen) atoms. The lowest BCUT2D eigenvalue weighted by Gasteiger charge is -2.29. The van der Waals surface area contributed by atoms with Gasteiger partial charge in [0.05, 0.1) is 5.69 Å². The molecule has 1 unspecified atom stereocenters. The molecule has 0 amide bonds. The van der Waals surface area contributed by atoms with Crippen LogP contribution in [-0.2, 0) is 10.0 Å². The van der Waals surface area contributed by atoms with E-state index >= 15 is 0 Å². The van der Waals surface area contributed by atoms with Crippen LogP contribution in [0.25, 0.3) is 0 Å². The quantitative estimate of drug-likeness (QED) is 0.856. The molecule has 1 heterocycles. The largest absolute Gasteiger partial charge is 0.398 e. The second kappa shape index (κ2) is 6.11. The third-order valence-electron chi connectivity index (χ3n) is 3.82. The number of likely N-dealkylation sites (N-methyl/N-ethyl adjacent to an activating group) is 1. The van der Waals surface area contributed by atoms with Crippen LogP contribution in [0.3, 0.4) is 0 Å². The zero-order chi connectivity index (χ0) is 14.8. The number of benzene rings is 1. The molecule has 5 nitrogen and oxygen atoms in total. The Morgan fingerprint density at radius 3 is 2.65 bits per heavy atom. The van der Waals surface area contributed by atoms with Gasteiger partial charge in [0.1, 0.15) is 4.90 Å². The summed E-state index contributed by atoms with van der Waals surface area (Å²) in [6.45, 7) is 4.27. The highest BCUT2D eigenvalue weighted by Crippen LogP contribution is 2.26. The summed E-state index contributed by atoms with van der Waals surface area (Å²) in [5.41, 5.74) is 6.17. The van der Waals surface area contributed by atoms with Crippen LogP contribution in [0.15, 0.2) is 29.2 Å². The van der Waals surface area contributed by atoms with Gasteiger partial charge in [0.15, 0.2) is 0 Å². The summed E-state index contributed by atoms with van der Waals surface area (Å²) in [6.07, 6.45) is 1.65. The average Bonchev–Trinajstić information content (AvgIpc) is 2.60. The summed E-state index contributed by atoms with van der Waals surface area (Å²) in [6, 6.07) is 6.70. The number of rotatable bonds is 3. The van der Waals surface area contributed by atoms with Gasteiger partial charge in [-0.25, -0.2) is 8.42 Å². The summed E-state index contributed by atoms with van der Waals surface area (Å²) < 4.78 is 27.4. The van der Waals surface area contributed by atoms with Gasteiger partial charge < -0.3 is 10.6 Å². The second-order valence-corrected chi connectivity index (χ2v) is 7.19. The monoisotopic (exact) mass is 297 g/mol. The average molecular weight is 297 g/mol. The molecule has 2 N–H and O–H groups in total. The lowest BCUT2D eigenvalue weighted by atomic mass is 10.2. The molecule has 0 aromatic heterocycles. The SMILES string of the molecule is CCC1CN(C)CCCN1S(=O)(=O)c1ccccc1N. The first-order valence-corrected chi connectivity index (χ1v) is 8.45. The Morgan fingerprint density at radius 2 is 2.00 bits per heavy atom. The second-order valence-electron chi connectivity index (χ2n) is 5.33. The topological polar surface area (TPSA) is 66.6 Å². The summed E-state index contributed by atoms with van der Waals surface area (Å²) >= 11 is 0. The molecule has 0 saturated carbocycles. The maximum Gasteiger partial charge on any atom is 0.245 e. The van der Waals surface area contributed by atoms with Gasteiger partial charge in [-0.3, -0.25) is 0 Å². The van der Waals surface area contributed by atoms with Crippen molar-refractivity contribution in [3.63, 3.8) is 0 Å². The van der Waals surface area contributed by atoms with E-state index in [0.29, 0.717) is 12.2 Å². The normalized spacial score (nSPS) is 22.6. The Kier molecular flexibility index (Phi) is 4.67. The van der Waals surface area contributed by atoms with Gasteiger partial charge in [-0.2, -0.15) is 4.31 Å². The molecule has 112 valence electrons. The zero-order valence-electron chi connectivity index (χ0n) is 12.1. The minimum absolute atomic E-state index is 0.00658. The Balaban J connectivity index is 2.39. The molecule has 0 bridgehead atoms. The third kappa shape index (κ3) is 2.97. The minimum Gasteiger partial charge on any atom is -0.398 e. The van der Waals surface area contributed by atoms with Crippen LogP contribution < -0.4 is 5.73 Å². The number of hydrogen-bond donors (Lipinski definition) is 1. The van der Waals surface area contributed by atoms with Crippen molar-refractivity contribution in [3.8, 4) is 0 Å². The Hall–Kier alpha value is -1.11. The van der Waals surface area contributed by atoms with E-state index in [9.17, 15) is 8.42 Å². The predicted molar refractivity (Wildman–Crippen MR) is 80.9 cm³/mol. The van der Waals surface area contributed by atoms with Gasteiger partial charge >= 0.3 is 0 Å². The minimum atomic E-state index is -3.52. The molecule has 1 atom stereocenters. The van der Waals surface area contributed by atoms with Crippen molar-refractivity contribution >= 4 is 15.7 Å². The number of hydrogen-bond acceptors (Lipinski definition) is 4. The maximum atomic E-state index is 12.9. The molecular formula is C14H23N3O2S. The molecule has 1 aliphatic rings. The maximum absolute atomic E-state index is 12.9. The summed E-state index contributed by atoms with van der Waals surface area (Å²) in [7, 11) is -1.48. The van der Waals surface area contributed by atoms with Crippen molar-refractivity contribution in [3.05, 3.63) is 24.3 Å². The first kappa shape index (κ1) is 15.3. The van der Waals surface area contributed by atoms with Crippen molar-refractivity contribution in [2.24, 2.45) is 0 Å². The highest BCUT2D eigenvalue weighted by Gasteiger charge is 2.33. The van der Waals surface area contributed by atoms with Crippen LogP contribution in [-0.4, -0.2) is 50.3 Å². The van der Waals surface area contributed by atoms with E-state index < -0.39 is 10.0 Å². The van der Waals surface area contributed by atoms with Crippen molar-refractivity contribution in [2.45, 2.75) is 30.7 Å². The fourth-order valence-corrected chi connectivity index (χ4v) is 4.56. The van der Waals surface area contributed by atoms with E-state index in [1.165, 1.54) is 0 Å². The standard InChI is InChI=1S/C14H23N3O2S/c1-3-12-11-16(2)9-6-10-17(12)20(18,19)14-8-5-4-7-13(14)15/h4-5,7-8,12H,3,6,9-11,15H2,1-2H3. The number of para-hydroxylation sites is 1. The predicted octanol–water partition coefficient (Wildman–Crippen LogP) is 1.37. The van der Waals surface area contributed by atoms with Crippen LogP contribution in [0.4, 0.5) is 5.69 Å². The van der Waals surface area contributed by atoms with Crippen LogP contribution >= 0.6 is 0 Å².